The Hall–Kier alpha value is -2.12. The zero-order valence-corrected chi connectivity index (χ0v) is 9.77. The van der Waals surface area contributed by atoms with E-state index >= 15 is 0 Å². The summed E-state index contributed by atoms with van der Waals surface area (Å²) < 4.78 is 22.4. The average Bonchev–Trinajstić information content (AvgIpc) is 2.25. The van der Waals surface area contributed by atoms with Gasteiger partial charge in [0.05, 0.1) is 5.56 Å². The summed E-state index contributed by atoms with van der Waals surface area (Å²) in [5.41, 5.74) is 0.00141. The molecule has 0 saturated heterocycles. The summed E-state index contributed by atoms with van der Waals surface area (Å²) in [7, 11) is -4.12. The molecule has 2 aromatic carbocycles. The topological polar surface area (TPSA) is 117 Å². The van der Waals surface area contributed by atoms with Crippen LogP contribution in [-0.4, -0.2) is 19.5 Å². The Morgan fingerprint density at radius 3 is 2.33 bits per heavy atom. The lowest BCUT2D eigenvalue weighted by Gasteiger charge is -2.04. The number of primary sulfonamides is 1. The van der Waals surface area contributed by atoms with Crippen LogP contribution in [-0.2, 0) is 15.1 Å². The zero-order chi connectivity index (χ0) is 13.5. The summed E-state index contributed by atoms with van der Waals surface area (Å²) in [6.45, 7) is 0. The van der Waals surface area contributed by atoms with Gasteiger partial charge in [-0.1, -0.05) is 6.07 Å². The van der Waals surface area contributed by atoms with Gasteiger partial charge in [-0.05, 0) is 35.0 Å². The normalized spacial score (nSPS) is 11.6. The van der Waals surface area contributed by atoms with E-state index in [1.54, 1.807) is 0 Å². The van der Waals surface area contributed by atoms with E-state index < -0.39 is 26.6 Å². The first kappa shape index (κ1) is 12.3. The van der Waals surface area contributed by atoms with Crippen LogP contribution < -0.4 is 5.14 Å². The molecule has 0 aliphatic heterocycles. The molecule has 93 valence electrons. The van der Waals surface area contributed by atoms with Crippen molar-refractivity contribution in [3.63, 3.8) is 0 Å². The monoisotopic (exact) mass is 266 g/mol. The molecule has 7 heteroatoms. The molecule has 0 aromatic heterocycles. The minimum absolute atomic E-state index is 0.00141. The first-order chi connectivity index (χ1) is 8.29. The standard InChI is InChI=1S/C11H8NO5S/c12-18(16,17)10-5-8-3-7(11(14)15)2-1-6(8)4-9(10)13/h1-5H,(H,14,15)(H2,12,16,17). The molecular weight excluding hydrogens is 258 g/mol. The highest BCUT2D eigenvalue weighted by Gasteiger charge is 2.16. The molecule has 2 aromatic rings. The number of carbonyl (C=O) groups is 1. The molecule has 0 aliphatic rings. The van der Waals surface area contributed by atoms with E-state index in [2.05, 4.69) is 0 Å². The lowest BCUT2D eigenvalue weighted by atomic mass is 10.1. The fourth-order valence-electron chi connectivity index (χ4n) is 1.61. The van der Waals surface area contributed by atoms with Crippen molar-refractivity contribution in [1.82, 2.24) is 0 Å². The summed E-state index contributed by atoms with van der Waals surface area (Å²) in [6.07, 6.45) is 0. The van der Waals surface area contributed by atoms with Crippen molar-refractivity contribution >= 4 is 26.8 Å². The second-order valence-corrected chi connectivity index (χ2v) is 5.24. The van der Waals surface area contributed by atoms with E-state index in [1.165, 1.54) is 18.2 Å². The van der Waals surface area contributed by atoms with Gasteiger partial charge in [-0.25, -0.2) is 18.4 Å². The molecule has 0 saturated carbocycles. The van der Waals surface area contributed by atoms with Crippen molar-refractivity contribution in [3.8, 4) is 5.75 Å². The average molecular weight is 266 g/mol. The molecule has 3 N–H and O–H groups in total. The lowest BCUT2D eigenvalue weighted by Crippen LogP contribution is -2.12. The molecule has 0 aliphatic carbocycles. The van der Waals surface area contributed by atoms with Crippen LogP contribution in [0.4, 0.5) is 0 Å². The van der Waals surface area contributed by atoms with Crippen LogP contribution in [0.5, 0.6) is 5.75 Å². The molecule has 0 atom stereocenters. The maximum Gasteiger partial charge on any atom is 0.335 e. The van der Waals surface area contributed by atoms with Crippen LogP contribution in [0.15, 0.2) is 35.2 Å². The Labute approximate surface area is 102 Å². The van der Waals surface area contributed by atoms with E-state index in [-0.39, 0.29) is 5.56 Å². The summed E-state index contributed by atoms with van der Waals surface area (Å²) in [4.78, 5) is 10.2. The van der Waals surface area contributed by atoms with Gasteiger partial charge in [-0.15, -0.1) is 0 Å². The second-order valence-electron chi connectivity index (χ2n) is 3.71. The number of sulfonamides is 1. The highest BCUT2D eigenvalue weighted by atomic mass is 32.2. The highest BCUT2D eigenvalue weighted by Crippen LogP contribution is 2.28. The number of carboxylic acids is 1. The highest BCUT2D eigenvalue weighted by molar-refractivity contribution is 7.89. The minimum atomic E-state index is -4.12. The fourth-order valence-corrected chi connectivity index (χ4v) is 2.24. The first-order valence-corrected chi connectivity index (χ1v) is 6.34. The van der Waals surface area contributed by atoms with Crippen LogP contribution in [0.3, 0.4) is 0 Å². The molecule has 0 amide bonds. The Kier molecular flexibility index (Phi) is 2.72. The number of rotatable bonds is 2. The van der Waals surface area contributed by atoms with E-state index in [4.69, 9.17) is 10.2 Å². The first-order valence-electron chi connectivity index (χ1n) is 4.80. The van der Waals surface area contributed by atoms with Crippen LogP contribution in [0.25, 0.3) is 10.8 Å². The van der Waals surface area contributed by atoms with E-state index in [0.29, 0.717) is 10.8 Å². The third-order valence-electron chi connectivity index (χ3n) is 2.46. The van der Waals surface area contributed by atoms with E-state index in [0.717, 1.165) is 12.1 Å². The van der Waals surface area contributed by atoms with Crippen molar-refractivity contribution in [3.05, 3.63) is 35.9 Å². The van der Waals surface area contributed by atoms with Crippen LogP contribution in [0.1, 0.15) is 10.4 Å². The van der Waals surface area contributed by atoms with Gasteiger partial charge in [0.25, 0.3) is 0 Å². The Balaban J connectivity index is 2.79. The van der Waals surface area contributed by atoms with Gasteiger partial charge in [-0.3, -0.25) is 5.11 Å². The third kappa shape index (κ3) is 2.13. The smallest absolute Gasteiger partial charge is 0.335 e. The molecule has 18 heavy (non-hydrogen) atoms. The summed E-state index contributed by atoms with van der Waals surface area (Å²) >= 11 is 0. The van der Waals surface area contributed by atoms with Gasteiger partial charge in [0.15, 0.2) is 5.75 Å². The number of hydrogen-bond acceptors (Lipinski definition) is 3. The molecule has 0 spiro atoms. The predicted molar refractivity (Wildman–Crippen MR) is 62.4 cm³/mol. The fraction of sp³-hybridized carbons (Fsp3) is 0. The molecule has 0 heterocycles. The third-order valence-corrected chi connectivity index (χ3v) is 3.39. The molecule has 0 unspecified atom stereocenters. The SMILES string of the molecule is NS(=O)(=O)c1cc2cc(C(=O)O)ccc2cc1[O]. The number of hydrogen-bond donors (Lipinski definition) is 2. The Morgan fingerprint density at radius 1 is 1.11 bits per heavy atom. The number of carboxylic acid groups (broad SMARTS) is 1. The van der Waals surface area contributed by atoms with Gasteiger partial charge in [-0.2, -0.15) is 0 Å². The lowest BCUT2D eigenvalue weighted by molar-refractivity contribution is 0.0697. The van der Waals surface area contributed by atoms with Gasteiger partial charge in [0.1, 0.15) is 4.90 Å². The molecule has 1 radical (unpaired) electrons. The van der Waals surface area contributed by atoms with Crippen molar-refractivity contribution in [2.24, 2.45) is 5.14 Å². The number of aromatic carboxylic acids is 1. The quantitative estimate of drug-likeness (QED) is 0.852. The van der Waals surface area contributed by atoms with Crippen LogP contribution in [0, 0.1) is 0 Å². The summed E-state index contributed by atoms with van der Waals surface area (Å²) in [5.74, 6) is -1.85. The van der Waals surface area contributed by atoms with Crippen LogP contribution >= 0.6 is 0 Å². The van der Waals surface area contributed by atoms with Crippen LogP contribution in [0.2, 0.25) is 0 Å². The molecule has 6 nitrogen and oxygen atoms in total. The maximum absolute atomic E-state index is 11.5. The largest absolute Gasteiger partial charge is 0.478 e. The predicted octanol–water partition coefficient (Wildman–Crippen LogP) is 1.33. The van der Waals surface area contributed by atoms with E-state index in [1.807, 2.05) is 0 Å². The Morgan fingerprint density at radius 2 is 1.78 bits per heavy atom. The summed E-state index contributed by atoms with van der Waals surface area (Å²) in [6, 6.07) is 6.25. The molecule has 0 fully saturated rings. The Bertz CT molecular complexity index is 751. The van der Waals surface area contributed by atoms with Gasteiger partial charge >= 0.3 is 5.97 Å². The van der Waals surface area contributed by atoms with Gasteiger partial charge < -0.3 is 5.11 Å². The maximum atomic E-state index is 11.5. The zero-order valence-electron chi connectivity index (χ0n) is 8.95. The van der Waals surface area contributed by atoms with Crippen molar-refractivity contribution in [1.29, 1.82) is 0 Å². The van der Waals surface area contributed by atoms with Crippen molar-refractivity contribution in [2.75, 3.05) is 0 Å². The number of benzene rings is 2. The molecule has 0 bridgehead atoms. The van der Waals surface area contributed by atoms with Crippen molar-refractivity contribution < 1.29 is 23.4 Å². The number of fused-ring (bicyclic) bond motifs is 1. The second kappa shape index (κ2) is 3.97. The summed E-state index contributed by atoms with van der Waals surface area (Å²) in [5, 5.41) is 26.0. The van der Waals surface area contributed by atoms with Gasteiger partial charge in [0, 0.05) is 0 Å². The minimum Gasteiger partial charge on any atom is -0.478 e. The molecular formula is C11H8NO5S. The van der Waals surface area contributed by atoms with Crippen molar-refractivity contribution in [2.45, 2.75) is 4.90 Å². The van der Waals surface area contributed by atoms with Gasteiger partial charge in [0.2, 0.25) is 10.0 Å². The molecule has 2 rings (SSSR count). The van der Waals surface area contributed by atoms with E-state index in [9.17, 15) is 18.3 Å². The number of nitrogens with two attached hydrogens (primary N) is 1.